The van der Waals surface area contributed by atoms with Crippen LogP contribution in [0, 0.1) is 0 Å². The zero-order chi connectivity index (χ0) is 36.1. The van der Waals surface area contributed by atoms with Crippen molar-refractivity contribution in [3.05, 3.63) is 199 Å². The molecule has 9 rings (SSSR count). The fraction of sp³-hybridized carbons (Fsp3) is 0.0612. The van der Waals surface area contributed by atoms with Crippen LogP contribution in [0.25, 0.3) is 64.3 Å². The summed E-state index contributed by atoms with van der Waals surface area (Å²) in [4.78, 5) is 0. The van der Waals surface area contributed by atoms with Crippen molar-refractivity contribution in [1.29, 1.82) is 0 Å². The van der Waals surface area contributed by atoms with Crippen LogP contribution in [0.3, 0.4) is 0 Å². The first-order valence-electron chi connectivity index (χ1n) is 18.5. The lowest BCUT2D eigenvalue weighted by atomic mass is 9.92. The van der Waals surface area contributed by atoms with E-state index in [1.54, 1.807) is 0 Å². The van der Waals surface area contributed by atoms with Crippen molar-refractivity contribution < 1.29 is 0 Å². The smallest absolute Gasteiger partial charge is 0.0976 e. The number of anilines is 1. The van der Waals surface area contributed by atoms with Crippen LogP contribution in [-0.2, 0) is 6.54 Å². The minimum absolute atomic E-state index is 0.122. The van der Waals surface area contributed by atoms with Crippen LogP contribution in [0.15, 0.2) is 188 Å². The van der Waals surface area contributed by atoms with E-state index in [1.807, 2.05) is 17.4 Å². The Hall–Kier alpha value is -6.08. The van der Waals surface area contributed by atoms with Crippen molar-refractivity contribution >= 4 is 48.0 Å². The molecular formula is C49H40N4S. The van der Waals surface area contributed by atoms with Gasteiger partial charge in [-0.1, -0.05) is 170 Å². The molecule has 0 aliphatic rings. The molecule has 0 aliphatic heterocycles. The maximum atomic E-state index is 3.80. The van der Waals surface area contributed by atoms with Crippen LogP contribution >= 0.6 is 11.3 Å². The van der Waals surface area contributed by atoms with Crippen LogP contribution in [0.4, 0.5) is 5.69 Å². The molecular weight excluding hydrogens is 677 g/mol. The molecule has 0 saturated heterocycles. The molecule has 4 nitrogen and oxygen atoms in total. The van der Waals surface area contributed by atoms with Crippen molar-refractivity contribution in [3.63, 3.8) is 0 Å². The number of hydrogen-bond donors (Lipinski definition) is 4. The molecule has 8 aromatic carbocycles. The van der Waals surface area contributed by atoms with Crippen LogP contribution in [0.1, 0.15) is 17.3 Å². The van der Waals surface area contributed by atoms with Crippen LogP contribution in [0.2, 0.25) is 0 Å². The van der Waals surface area contributed by atoms with E-state index in [2.05, 4.69) is 203 Å². The average Bonchev–Trinajstić information content (AvgIpc) is 3.64. The molecule has 1 unspecified atom stereocenters. The van der Waals surface area contributed by atoms with Gasteiger partial charge in [0, 0.05) is 38.0 Å². The second-order valence-electron chi connectivity index (χ2n) is 13.5. The highest BCUT2D eigenvalue weighted by molar-refractivity contribution is 7.26. The maximum Gasteiger partial charge on any atom is 0.0976 e. The van der Waals surface area contributed by atoms with E-state index in [-0.39, 0.29) is 6.17 Å². The van der Waals surface area contributed by atoms with Gasteiger partial charge in [-0.3, -0.25) is 10.7 Å². The number of hydrogen-bond acceptors (Lipinski definition) is 5. The predicted octanol–water partition coefficient (Wildman–Crippen LogP) is 12.2. The fourth-order valence-electron chi connectivity index (χ4n) is 7.49. The fourth-order valence-corrected chi connectivity index (χ4v) is 8.74. The van der Waals surface area contributed by atoms with Gasteiger partial charge in [-0.05, 0) is 67.9 Å². The Morgan fingerprint density at radius 1 is 0.500 bits per heavy atom. The van der Waals surface area contributed by atoms with E-state index in [9.17, 15) is 0 Å². The molecule has 262 valence electrons. The number of fused-ring (bicyclic) bond motifs is 5. The van der Waals surface area contributed by atoms with Gasteiger partial charge in [0.25, 0.3) is 0 Å². The Balaban J connectivity index is 1.11. The molecule has 1 aromatic heterocycles. The number of hydrazine groups is 1. The summed E-state index contributed by atoms with van der Waals surface area (Å²) in [6.07, 6.45) is -0.122. The molecule has 0 bridgehead atoms. The van der Waals surface area contributed by atoms with E-state index in [4.69, 9.17) is 0 Å². The van der Waals surface area contributed by atoms with Gasteiger partial charge in [0.15, 0.2) is 0 Å². The monoisotopic (exact) mass is 716 g/mol. The highest BCUT2D eigenvalue weighted by Crippen LogP contribution is 2.46. The van der Waals surface area contributed by atoms with Crippen molar-refractivity contribution in [2.24, 2.45) is 0 Å². The summed E-state index contributed by atoms with van der Waals surface area (Å²) in [5.41, 5.74) is 17.7. The SMILES string of the molecule is c1ccc(CNNC(NCNc2ccc3c(ccc4sc5c(-c6ccccc6)cccc5c43)c2-c2cccc(-c3ccccc3)c2)c2ccccc2)cc1. The molecule has 9 aromatic rings. The van der Waals surface area contributed by atoms with Gasteiger partial charge in [-0.2, -0.15) is 0 Å². The molecule has 0 spiro atoms. The largest absolute Gasteiger partial charge is 0.372 e. The first kappa shape index (κ1) is 33.7. The van der Waals surface area contributed by atoms with E-state index in [0.29, 0.717) is 13.2 Å². The van der Waals surface area contributed by atoms with Crippen LogP contribution in [0.5, 0.6) is 0 Å². The minimum Gasteiger partial charge on any atom is -0.372 e. The summed E-state index contributed by atoms with van der Waals surface area (Å²) >= 11 is 1.88. The lowest BCUT2D eigenvalue weighted by Crippen LogP contribution is -2.43. The quantitative estimate of drug-likeness (QED) is 0.0751. The molecule has 5 heteroatoms. The molecule has 0 saturated carbocycles. The first-order valence-corrected chi connectivity index (χ1v) is 19.3. The number of nitrogens with one attached hydrogen (secondary N) is 4. The van der Waals surface area contributed by atoms with E-state index in [0.717, 1.165) is 11.3 Å². The van der Waals surface area contributed by atoms with Gasteiger partial charge in [-0.15, -0.1) is 11.3 Å². The lowest BCUT2D eigenvalue weighted by molar-refractivity contribution is 0.383. The Morgan fingerprint density at radius 3 is 1.93 bits per heavy atom. The van der Waals surface area contributed by atoms with Crippen LogP contribution < -0.4 is 21.5 Å². The molecule has 1 heterocycles. The molecule has 0 fully saturated rings. The summed E-state index contributed by atoms with van der Waals surface area (Å²) in [7, 11) is 0. The van der Waals surface area contributed by atoms with Crippen molar-refractivity contribution in [3.8, 4) is 33.4 Å². The lowest BCUT2D eigenvalue weighted by Gasteiger charge is -2.23. The van der Waals surface area contributed by atoms with E-state index in [1.165, 1.54) is 69.9 Å². The zero-order valence-electron chi connectivity index (χ0n) is 29.8. The van der Waals surface area contributed by atoms with Gasteiger partial charge in [0.1, 0.15) is 0 Å². The van der Waals surface area contributed by atoms with E-state index >= 15 is 0 Å². The summed E-state index contributed by atoms with van der Waals surface area (Å²) in [5.74, 6) is 0. The highest BCUT2D eigenvalue weighted by atomic mass is 32.1. The topological polar surface area (TPSA) is 48.1 Å². The molecule has 1 atom stereocenters. The molecule has 0 amide bonds. The third-order valence-corrected chi connectivity index (χ3v) is 11.3. The highest BCUT2D eigenvalue weighted by Gasteiger charge is 2.18. The summed E-state index contributed by atoms with van der Waals surface area (Å²) in [6, 6.07) is 67.2. The average molecular weight is 717 g/mol. The van der Waals surface area contributed by atoms with Gasteiger partial charge < -0.3 is 5.32 Å². The Labute approximate surface area is 320 Å². The van der Waals surface area contributed by atoms with Crippen molar-refractivity contribution in [2.45, 2.75) is 12.7 Å². The van der Waals surface area contributed by atoms with Gasteiger partial charge in [-0.25, -0.2) is 5.43 Å². The minimum atomic E-state index is -0.122. The van der Waals surface area contributed by atoms with Gasteiger partial charge in [0.2, 0.25) is 0 Å². The normalized spacial score (nSPS) is 12.0. The predicted molar refractivity (Wildman–Crippen MR) is 230 cm³/mol. The van der Waals surface area contributed by atoms with Crippen LogP contribution in [-0.4, -0.2) is 6.67 Å². The third kappa shape index (κ3) is 6.90. The second kappa shape index (κ2) is 15.5. The first-order chi connectivity index (χ1) is 26.8. The number of thiophene rings is 1. The summed E-state index contributed by atoms with van der Waals surface area (Å²) in [6.45, 7) is 1.25. The summed E-state index contributed by atoms with van der Waals surface area (Å²) in [5, 5.41) is 12.6. The summed E-state index contributed by atoms with van der Waals surface area (Å²) < 4.78 is 2.62. The molecule has 4 N–H and O–H groups in total. The zero-order valence-corrected chi connectivity index (χ0v) is 30.6. The van der Waals surface area contributed by atoms with Gasteiger partial charge >= 0.3 is 0 Å². The van der Waals surface area contributed by atoms with E-state index < -0.39 is 0 Å². The van der Waals surface area contributed by atoms with Gasteiger partial charge in [0.05, 0.1) is 12.8 Å². The van der Waals surface area contributed by atoms with Crippen molar-refractivity contribution in [1.82, 2.24) is 16.2 Å². The standard InChI is InChI=1S/C49H40N4S/c1-5-15-34(16-6-1)32-52-53-49(37-21-11-4-12-22-37)51-33-50-44-29-27-42-41(46(44)39-24-13-23-38(31-39)35-17-7-2-8-18-35)28-30-45-47(42)43-26-14-25-40(48(43)54-45)36-19-9-3-10-20-36/h1-31,49-53H,32-33H2. The maximum absolute atomic E-state index is 3.80. The second-order valence-corrected chi connectivity index (χ2v) is 14.6. The van der Waals surface area contributed by atoms with Crippen molar-refractivity contribution in [2.75, 3.05) is 12.0 Å². The Kier molecular flexibility index (Phi) is 9.68. The Bertz CT molecular complexity index is 2660. The number of rotatable bonds is 12. The molecule has 54 heavy (non-hydrogen) atoms. The Morgan fingerprint density at radius 2 is 1.15 bits per heavy atom. The number of benzene rings is 8. The third-order valence-electron chi connectivity index (χ3n) is 10.1. The molecule has 0 aliphatic carbocycles. The molecule has 0 radical (unpaired) electrons.